The molecule has 1 aliphatic rings. The Kier molecular flexibility index (Phi) is 1.51. The maximum Gasteiger partial charge on any atom is 0.0540 e. The third-order valence-corrected chi connectivity index (χ3v) is 2.89. The summed E-state index contributed by atoms with van der Waals surface area (Å²) in [6, 6.07) is 0. The molecule has 1 fully saturated rings. The molecule has 3 heteroatoms. The van der Waals surface area contributed by atoms with Crippen LogP contribution in [0.15, 0.2) is 12.4 Å². The van der Waals surface area contributed by atoms with E-state index in [0.29, 0.717) is 5.92 Å². The first kappa shape index (κ1) is 7.80. The van der Waals surface area contributed by atoms with Gasteiger partial charge in [0.05, 0.1) is 6.20 Å². The van der Waals surface area contributed by atoms with Crippen LogP contribution >= 0.6 is 0 Å². The van der Waals surface area contributed by atoms with Crippen molar-refractivity contribution >= 4 is 0 Å². The van der Waals surface area contributed by atoms with Crippen molar-refractivity contribution in [2.45, 2.75) is 25.3 Å². The van der Waals surface area contributed by atoms with Crippen LogP contribution in [0.1, 0.15) is 25.3 Å². The van der Waals surface area contributed by atoms with E-state index in [9.17, 15) is 0 Å². The topological polar surface area (TPSA) is 43.8 Å². The average Bonchev–Trinajstić information content (AvgIpc) is 2.50. The summed E-state index contributed by atoms with van der Waals surface area (Å²) in [4.78, 5) is 0. The lowest BCUT2D eigenvalue weighted by molar-refractivity contribution is 0.614. The van der Waals surface area contributed by atoms with Crippen LogP contribution in [0, 0.1) is 5.92 Å². The van der Waals surface area contributed by atoms with Gasteiger partial charge in [-0.3, -0.25) is 4.68 Å². The number of rotatable bonds is 2. The number of nitrogens with zero attached hydrogens (tertiary/aromatic N) is 2. The monoisotopic (exact) mass is 165 g/mol. The van der Waals surface area contributed by atoms with Gasteiger partial charge in [-0.25, -0.2) is 0 Å². The van der Waals surface area contributed by atoms with Crippen molar-refractivity contribution in [2.24, 2.45) is 18.7 Å². The lowest BCUT2D eigenvalue weighted by Crippen LogP contribution is -2.21. The second-order valence-electron chi connectivity index (χ2n) is 3.75. The Hall–Kier alpha value is -0.830. The van der Waals surface area contributed by atoms with Crippen LogP contribution in [0.5, 0.6) is 0 Å². The molecule has 0 amide bonds. The quantitative estimate of drug-likeness (QED) is 0.710. The predicted octanol–water partition coefficient (Wildman–Crippen LogP) is 1.00. The van der Waals surface area contributed by atoms with E-state index in [1.807, 2.05) is 24.1 Å². The normalized spacial score (nSPS) is 33.8. The van der Waals surface area contributed by atoms with Gasteiger partial charge in [0, 0.05) is 24.3 Å². The minimum absolute atomic E-state index is 0.0526. The first-order valence-corrected chi connectivity index (χ1v) is 4.45. The van der Waals surface area contributed by atoms with Crippen LogP contribution in [-0.4, -0.2) is 9.78 Å². The molecular weight excluding hydrogens is 150 g/mol. The zero-order valence-corrected chi connectivity index (χ0v) is 7.62. The molecule has 0 spiro atoms. The Morgan fingerprint density at radius 3 is 3.00 bits per heavy atom. The third-order valence-electron chi connectivity index (χ3n) is 2.89. The SMILES string of the molecule is CCC1CC1(N)c1cnn(C)c1. The van der Waals surface area contributed by atoms with Gasteiger partial charge in [0.15, 0.2) is 0 Å². The van der Waals surface area contributed by atoms with Crippen molar-refractivity contribution in [3.8, 4) is 0 Å². The van der Waals surface area contributed by atoms with Crippen molar-refractivity contribution in [2.75, 3.05) is 0 Å². The summed E-state index contributed by atoms with van der Waals surface area (Å²) in [5.74, 6) is 0.668. The lowest BCUT2D eigenvalue weighted by Gasteiger charge is -2.06. The molecule has 3 nitrogen and oxygen atoms in total. The number of nitrogens with two attached hydrogens (primary N) is 1. The summed E-state index contributed by atoms with van der Waals surface area (Å²) in [7, 11) is 1.93. The molecule has 0 bridgehead atoms. The van der Waals surface area contributed by atoms with E-state index in [4.69, 9.17) is 5.73 Å². The minimum Gasteiger partial charge on any atom is -0.321 e. The Morgan fingerprint density at radius 1 is 1.83 bits per heavy atom. The third kappa shape index (κ3) is 0.966. The Balaban J connectivity index is 2.22. The maximum atomic E-state index is 6.18. The van der Waals surface area contributed by atoms with Gasteiger partial charge in [-0.05, 0) is 12.3 Å². The van der Waals surface area contributed by atoms with E-state index in [1.54, 1.807) is 0 Å². The lowest BCUT2D eigenvalue weighted by atomic mass is 10.1. The molecule has 2 rings (SSSR count). The summed E-state index contributed by atoms with van der Waals surface area (Å²) in [6.45, 7) is 2.19. The van der Waals surface area contributed by atoms with Crippen molar-refractivity contribution in [1.29, 1.82) is 0 Å². The molecule has 1 heterocycles. The first-order valence-electron chi connectivity index (χ1n) is 4.45. The van der Waals surface area contributed by atoms with Crippen LogP contribution < -0.4 is 5.73 Å². The Bertz CT molecular complexity index is 292. The second-order valence-corrected chi connectivity index (χ2v) is 3.75. The Labute approximate surface area is 72.6 Å². The molecular formula is C9H15N3. The van der Waals surface area contributed by atoms with Crippen LogP contribution in [0.3, 0.4) is 0 Å². The largest absolute Gasteiger partial charge is 0.321 e. The Morgan fingerprint density at radius 2 is 2.58 bits per heavy atom. The van der Waals surface area contributed by atoms with Gasteiger partial charge >= 0.3 is 0 Å². The number of aromatic nitrogens is 2. The smallest absolute Gasteiger partial charge is 0.0540 e. The fourth-order valence-electron chi connectivity index (χ4n) is 1.87. The molecule has 0 saturated heterocycles. The molecule has 1 saturated carbocycles. The number of aryl methyl sites for hydroxylation is 1. The molecule has 1 aromatic heterocycles. The highest BCUT2D eigenvalue weighted by atomic mass is 15.2. The van der Waals surface area contributed by atoms with Gasteiger partial charge in [-0.1, -0.05) is 13.3 Å². The van der Waals surface area contributed by atoms with Gasteiger partial charge in [-0.15, -0.1) is 0 Å². The predicted molar refractivity (Wildman–Crippen MR) is 47.5 cm³/mol. The summed E-state index contributed by atoms with van der Waals surface area (Å²) in [5.41, 5.74) is 7.32. The van der Waals surface area contributed by atoms with Crippen molar-refractivity contribution in [3.63, 3.8) is 0 Å². The maximum absolute atomic E-state index is 6.18. The first-order chi connectivity index (χ1) is 5.66. The van der Waals surface area contributed by atoms with Crippen LogP contribution in [-0.2, 0) is 12.6 Å². The van der Waals surface area contributed by atoms with E-state index < -0.39 is 0 Å². The number of hydrogen-bond donors (Lipinski definition) is 1. The van der Waals surface area contributed by atoms with Crippen LogP contribution in [0.4, 0.5) is 0 Å². The summed E-state index contributed by atoms with van der Waals surface area (Å²) < 4.78 is 1.81. The van der Waals surface area contributed by atoms with Gasteiger partial charge in [-0.2, -0.15) is 5.10 Å². The van der Waals surface area contributed by atoms with Gasteiger partial charge in [0.25, 0.3) is 0 Å². The molecule has 12 heavy (non-hydrogen) atoms. The van der Waals surface area contributed by atoms with E-state index in [0.717, 1.165) is 6.42 Å². The van der Waals surface area contributed by atoms with Crippen molar-refractivity contribution < 1.29 is 0 Å². The fraction of sp³-hybridized carbons (Fsp3) is 0.667. The summed E-state index contributed by atoms with van der Waals surface area (Å²) >= 11 is 0. The standard InChI is InChI=1S/C9H15N3/c1-3-7-4-9(7,10)8-5-11-12(2)6-8/h5-7H,3-4,10H2,1-2H3. The van der Waals surface area contributed by atoms with E-state index in [2.05, 4.69) is 12.0 Å². The zero-order valence-electron chi connectivity index (χ0n) is 7.62. The molecule has 0 aromatic carbocycles. The minimum atomic E-state index is -0.0526. The van der Waals surface area contributed by atoms with E-state index in [-0.39, 0.29) is 5.54 Å². The molecule has 2 atom stereocenters. The van der Waals surface area contributed by atoms with Gasteiger partial charge < -0.3 is 5.73 Å². The molecule has 0 radical (unpaired) electrons. The van der Waals surface area contributed by atoms with Gasteiger partial charge in [0.1, 0.15) is 0 Å². The highest BCUT2D eigenvalue weighted by Gasteiger charge is 2.51. The average molecular weight is 165 g/mol. The highest BCUT2D eigenvalue weighted by Crippen LogP contribution is 2.51. The van der Waals surface area contributed by atoms with Crippen molar-refractivity contribution in [3.05, 3.63) is 18.0 Å². The molecule has 0 aliphatic heterocycles. The van der Waals surface area contributed by atoms with Crippen molar-refractivity contribution in [1.82, 2.24) is 9.78 Å². The molecule has 66 valence electrons. The fourth-order valence-corrected chi connectivity index (χ4v) is 1.87. The van der Waals surface area contributed by atoms with Crippen LogP contribution in [0.25, 0.3) is 0 Å². The van der Waals surface area contributed by atoms with Gasteiger partial charge in [0.2, 0.25) is 0 Å². The molecule has 2 unspecified atom stereocenters. The molecule has 1 aromatic rings. The zero-order chi connectivity index (χ0) is 8.77. The summed E-state index contributed by atoms with van der Waals surface area (Å²) in [5, 5.41) is 4.13. The number of hydrogen-bond acceptors (Lipinski definition) is 2. The van der Waals surface area contributed by atoms with Crippen LogP contribution in [0.2, 0.25) is 0 Å². The highest BCUT2D eigenvalue weighted by molar-refractivity contribution is 5.27. The molecule has 1 aliphatic carbocycles. The second kappa shape index (κ2) is 2.33. The van der Waals surface area contributed by atoms with E-state index >= 15 is 0 Å². The van der Waals surface area contributed by atoms with E-state index in [1.165, 1.54) is 12.0 Å². The summed E-state index contributed by atoms with van der Waals surface area (Å²) in [6.07, 6.45) is 6.20. The molecule has 2 N–H and O–H groups in total.